The number of hydrogen-bond acceptors (Lipinski definition) is 6. The Labute approximate surface area is 162 Å². The van der Waals surface area contributed by atoms with Crippen LogP contribution in [0.15, 0.2) is 53.6 Å². The van der Waals surface area contributed by atoms with Crippen LogP contribution in [0.1, 0.15) is 43.1 Å². The third-order valence-electron chi connectivity index (χ3n) is 5.86. The molecule has 0 saturated carbocycles. The Hall–Kier alpha value is -3.09. The number of fused-ring (bicyclic) bond motifs is 2. The second-order valence-electron chi connectivity index (χ2n) is 7.58. The van der Waals surface area contributed by atoms with Gasteiger partial charge >= 0.3 is 0 Å². The van der Waals surface area contributed by atoms with Crippen LogP contribution < -0.4 is 0 Å². The second kappa shape index (κ2) is 7.14. The summed E-state index contributed by atoms with van der Waals surface area (Å²) in [5, 5.41) is 4.14. The van der Waals surface area contributed by atoms with Crippen molar-refractivity contribution in [3.05, 3.63) is 60.5 Å². The van der Waals surface area contributed by atoms with Gasteiger partial charge in [0.15, 0.2) is 0 Å². The molecule has 2 atom stereocenters. The van der Waals surface area contributed by atoms with Crippen molar-refractivity contribution in [3.63, 3.8) is 0 Å². The fourth-order valence-electron chi connectivity index (χ4n) is 4.57. The summed E-state index contributed by atoms with van der Waals surface area (Å²) in [5.41, 5.74) is 1.92. The Morgan fingerprint density at radius 1 is 1.00 bits per heavy atom. The first-order valence-corrected chi connectivity index (χ1v) is 9.72. The molecule has 0 spiro atoms. The van der Waals surface area contributed by atoms with E-state index in [4.69, 9.17) is 4.52 Å². The summed E-state index contributed by atoms with van der Waals surface area (Å²) in [7, 11) is 0. The molecule has 5 rings (SSSR count). The maximum atomic E-state index is 12.9. The molecule has 2 unspecified atom stereocenters. The van der Waals surface area contributed by atoms with E-state index in [-0.39, 0.29) is 23.9 Å². The number of carbonyl (C=O) groups excluding carboxylic acids is 1. The number of aromatic nitrogens is 4. The fraction of sp³-hybridized carbons (Fsp3) is 0.381. The van der Waals surface area contributed by atoms with Crippen LogP contribution in [0, 0.1) is 0 Å². The van der Waals surface area contributed by atoms with E-state index < -0.39 is 0 Å². The maximum absolute atomic E-state index is 12.9. The molecule has 2 saturated heterocycles. The molecule has 7 heteroatoms. The summed E-state index contributed by atoms with van der Waals surface area (Å²) in [5.74, 6) is 1.71. The van der Waals surface area contributed by atoms with Gasteiger partial charge in [-0.1, -0.05) is 5.16 Å². The number of rotatable bonds is 4. The summed E-state index contributed by atoms with van der Waals surface area (Å²) in [4.78, 5) is 27.7. The standard InChI is InChI=1S/C21H21N5O2/c27-19(11-14-3-7-22-8-4-14)26-17-1-2-18(26)13-16(12-17)21-24-20(25-28-21)15-5-9-23-10-6-15/h3-10,16-18H,1-2,11-13H2. The Bertz CT molecular complexity index is 945. The minimum Gasteiger partial charge on any atom is -0.339 e. The SMILES string of the molecule is O=C(Cc1ccncc1)N1C2CCC1CC(c1nc(-c3ccncc3)no1)C2. The van der Waals surface area contributed by atoms with E-state index in [1.807, 2.05) is 24.3 Å². The van der Waals surface area contributed by atoms with E-state index >= 15 is 0 Å². The van der Waals surface area contributed by atoms with Gasteiger partial charge in [0.1, 0.15) is 0 Å². The number of nitrogens with zero attached hydrogens (tertiary/aromatic N) is 5. The molecule has 7 nitrogen and oxygen atoms in total. The smallest absolute Gasteiger partial charge is 0.230 e. The predicted molar refractivity (Wildman–Crippen MR) is 101 cm³/mol. The molecule has 0 aliphatic carbocycles. The van der Waals surface area contributed by atoms with Crippen molar-refractivity contribution in [3.8, 4) is 11.4 Å². The zero-order chi connectivity index (χ0) is 18.9. The Balaban J connectivity index is 1.29. The van der Waals surface area contributed by atoms with E-state index in [0.29, 0.717) is 18.1 Å². The third-order valence-corrected chi connectivity index (χ3v) is 5.86. The summed E-state index contributed by atoms with van der Waals surface area (Å²) in [6.07, 6.45) is 11.2. The van der Waals surface area contributed by atoms with Crippen molar-refractivity contribution in [2.24, 2.45) is 0 Å². The highest BCUT2D eigenvalue weighted by Gasteiger charge is 2.44. The van der Waals surface area contributed by atoms with Gasteiger partial charge in [-0.25, -0.2) is 0 Å². The van der Waals surface area contributed by atoms with E-state index in [9.17, 15) is 4.79 Å². The van der Waals surface area contributed by atoms with Gasteiger partial charge in [-0.2, -0.15) is 4.98 Å². The van der Waals surface area contributed by atoms with Crippen molar-refractivity contribution < 1.29 is 9.32 Å². The van der Waals surface area contributed by atoms with E-state index in [2.05, 4.69) is 25.0 Å². The van der Waals surface area contributed by atoms with Crippen molar-refractivity contribution >= 4 is 5.91 Å². The van der Waals surface area contributed by atoms with Crippen LogP contribution >= 0.6 is 0 Å². The topological polar surface area (TPSA) is 85.0 Å². The van der Waals surface area contributed by atoms with E-state index in [1.165, 1.54) is 0 Å². The van der Waals surface area contributed by atoms with Crippen LogP contribution in [0.25, 0.3) is 11.4 Å². The minimum absolute atomic E-state index is 0.208. The normalized spacial score (nSPS) is 23.7. The summed E-state index contributed by atoms with van der Waals surface area (Å²) in [6.45, 7) is 0. The molecule has 0 radical (unpaired) electrons. The lowest BCUT2D eigenvalue weighted by molar-refractivity contribution is -0.135. The molecule has 2 fully saturated rings. The number of carbonyl (C=O) groups is 1. The monoisotopic (exact) mass is 375 g/mol. The lowest BCUT2D eigenvalue weighted by atomic mass is 9.90. The van der Waals surface area contributed by atoms with Crippen molar-refractivity contribution in [1.82, 2.24) is 25.0 Å². The van der Waals surface area contributed by atoms with Gasteiger partial charge < -0.3 is 9.42 Å². The van der Waals surface area contributed by atoms with Gasteiger partial charge in [-0.05, 0) is 55.5 Å². The molecule has 1 amide bonds. The van der Waals surface area contributed by atoms with Gasteiger partial charge in [0.05, 0.1) is 6.42 Å². The zero-order valence-electron chi connectivity index (χ0n) is 15.4. The molecule has 0 aromatic carbocycles. The highest BCUT2D eigenvalue weighted by molar-refractivity contribution is 5.80. The molecule has 0 N–H and O–H groups in total. The van der Waals surface area contributed by atoms with Crippen LogP contribution in [-0.2, 0) is 11.2 Å². The first-order valence-electron chi connectivity index (χ1n) is 9.72. The molecular weight excluding hydrogens is 354 g/mol. The average molecular weight is 375 g/mol. The molecule has 5 heterocycles. The lowest BCUT2D eigenvalue weighted by Crippen LogP contribution is -2.46. The van der Waals surface area contributed by atoms with Crippen molar-refractivity contribution in [1.29, 1.82) is 0 Å². The second-order valence-corrected chi connectivity index (χ2v) is 7.58. The number of hydrogen-bond donors (Lipinski definition) is 0. The third kappa shape index (κ3) is 3.17. The number of piperidine rings is 1. The van der Waals surface area contributed by atoms with Crippen molar-refractivity contribution in [2.45, 2.75) is 50.1 Å². The van der Waals surface area contributed by atoms with Crippen LogP contribution in [0.3, 0.4) is 0 Å². The minimum atomic E-state index is 0.208. The summed E-state index contributed by atoms with van der Waals surface area (Å²) >= 11 is 0. The Morgan fingerprint density at radius 2 is 1.64 bits per heavy atom. The molecule has 3 aromatic heterocycles. The average Bonchev–Trinajstić information content (AvgIpc) is 3.32. The Kier molecular flexibility index (Phi) is 4.35. The van der Waals surface area contributed by atoms with Crippen molar-refractivity contribution in [2.75, 3.05) is 0 Å². The number of amides is 1. The lowest BCUT2D eigenvalue weighted by Gasteiger charge is -2.38. The van der Waals surface area contributed by atoms with Gasteiger partial charge in [0.2, 0.25) is 17.6 Å². The first-order chi connectivity index (χ1) is 13.8. The number of pyridine rings is 2. The van der Waals surface area contributed by atoms with Crippen LogP contribution in [0.2, 0.25) is 0 Å². The first kappa shape index (κ1) is 17.0. The quantitative estimate of drug-likeness (QED) is 0.697. The Morgan fingerprint density at radius 3 is 2.32 bits per heavy atom. The molecule has 28 heavy (non-hydrogen) atoms. The van der Waals surface area contributed by atoms with Gasteiger partial charge in [-0.3, -0.25) is 14.8 Å². The summed E-state index contributed by atoms with van der Waals surface area (Å²) in [6, 6.07) is 8.08. The predicted octanol–water partition coefficient (Wildman–Crippen LogP) is 3.01. The summed E-state index contributed by atoms with van der Waals surface area (Å²) < 4.78 is 5.58. The zero-order valence-corrected chi connectivity index (χ0v) is 15.4. The van der Waals surface area contributed by atoms with Gasteiger partial charge in [0, 0.05) is 48.4 Å². The van der Waals surface area contributed by atoms with Crippen LogP contribution in [0.5, 0.6) is 0 Å². The molecule has 2 aliphatic heterocycles. The molecule has 142 valence electrons. The van der Waals surface area contributed by atoms with Gasteiger partial charge in [-0.15, -0.1) is 0 Å². The highest BCUT2D eigenvalue weighted by Crippen LogP contribution is 2.43. The fourth-order valence-corrected chi connectivity index (χ4v) is 4.57. The molecular formula is C21H21N5O2. The maximum Gasteiger partial charge on any atom is 0.230 e. The van der Waals surface area contributed by atoms with E-state index in [1.54, 1.807) is 24.8 Å². The van der Waals surface area contributed by atoms with E-state index in [0.717, 1.165) is 36.8 Å². The van der Waals surface area contributed by atoms with Gasteiger partial charge in [0.25, 0.3) is 0 Å². The van der Waals surface area contributed by atoms with Crippen LogP contribution in [0.4, 0.5) is 0 Å². The molecule has 2 aliphatic rings. The highest BCUT2D eigenvalue weighted by atomic mass is 16.5. The molecule has 3 aromatic rings. The van der Waals surface area contributed by atoms with Crippen LogP contribution in [-0.4, -0.2) is 43.0 Å². The largest absolute Gasteiger partial charge is 0.339 e. The molecule has 2 bridgehead atoms.